The quantitative estimate of drug-likeness (QED) is 0.461. The average molecular weight is 403 g/mol. The van der Waals surface area contributed by atoms with Gasteiger partial charge >= 0.3 is 7.82 Å². The molecule has 0 aliphatic carbocycles. The first-order chi connectivity index (χ1) is 13.5. The van der Waals surface area contributed by atoms with Crippen molar-refractivity contribution in [2.75, 3.05) is 13.2 Å². The zero-order valence-electron chi connectivity index (χ0n) is 15.8. The number of nitrogens with zero attached hydrogens (tertiary/aromatic N) is 1. The summed E-state index contributed by atoms with van der Waals surface area (Å²) in [5.41, 5.74) is 2.21. The molecule has 1 heterocycles. The van der Waals surface area contributed by atoms with Crippen molar-refractivity contribution in [3.05, 3.63) is 70.8 Å². The minimum atomic E-state index is -3.66. The van der Waals surface area contributed by atoms with Crippen LogP contribution in [-0.2, 0) is 31.3 Å². The molecule has 0 atom stereocenters. The minimum Gasteiger partial charge on any atom is -0.287 e. The van der Waals surface area contributed by atoms with Gasteiger partial charge in [-0.3, -0.25) is 28.1 Å². The van der Waals surface area contributed by atoms with Crippen molar-refractivity contribution in [1.29, 1.82) is 0 Å². The number of amides is 2. The fraction of sp³-hybridized carbons (Fsp3) is 0.300. The molecular weight excluding hydrogens is 381 g/mol. The molecule has 1 aliphatic rings. The molecule has 2 amide bonds. The Hall–Kier alpha value is -2.31. The topological polar surface area (TPSA) is 82.1 Å². The molecule has 8 heteroatoms. The summed E-state index contributed by atoms with van der Waals surface area (Å²) in [6, 6.07) is 13.9. The fourth-order valence-electron chi connectivity index (χ4n) is 2.98. The van der Waals surface area contributed by atoms with Crippen molar-refractivity contribution in [3.63, 3.8) is 0 Å². The lowest BCUT2D eigenvalue weighted by Gasteiger charge is -2.19. The number of hydrogen-bond acceptors (Lipinski definition) is 6. The Morgan fingerprint density at radius 2 is 1.29 bits per heavy atom. The summed E-state index contributed by atoms with van der Waals surface area (Å²) in [6.45, 7) is 3.84. The SMILES string of the molecule is CCOP(=O)(OCC)OCc1ccccc1CN1C(=O)c2ccccc2C1=O. The van der Waals surface area contributed by atoms with E-state index in [-0.39, 0.29) is 38.2 Å². The van der Waals surface area contributed by atoms with Crippen LogP contribution < -0.4 is 0 Å². The molecule has 2 aromatic rings. The highest BCUT2D eigenvalue weighted by molar-refractivity contribution is 7.48. The number of carbonyl (C=O) groups is 2. The van der Waals surface area contributed by atoms with Crippen molar-refractivity contribution >= 4 is 19.6 Å². The zero-order valence-corrected chi connectivity index (χ0v) is 16.7. The average Bonchev–Trinajstić information content (AvgIpc) is 2.93. The second kappa shape index (κ2) is 8.80. The monoisotopic (exact) mass is 403 g/mol. The predicted octanol–water partition coefficient (Wildman–Crippen LogP) is 4.18. The van der Waals surface area contributed by atoms with E-state index >= 15 is 0 Å². The molecule has 0 aromatic heterocycles. The zero-order chi connectivity index (χ0) is 20.1. The lowest BCUT2D eigenvalue weighted by atomic mass is 10.1. The third-order valence-electron chi connectivity index (χ3n) is 4.28. The smallest absolute Gasteiger partial charge is 0.287 e. The van der Waals surface area contributed by atoms with E-state index < -0.39 is 7.82 Å². The Bertz CT molecular complexity index is 883. The van der Waals surface area contributed by atoms with Gasteiger partial charge in [-0.15, -0.1) is 0 Å². The molecule has 0 spiro atoms. The number of phosphoric ester groups is 1. The Balaban J connectivity index is 1.77. The molecular formula is C20H22NO6P. The van der Waals surface area contributed by atoms with Crippen molar-refractivity contribution in [3.8, 4) is 0 Å². The fourth-order valence-corrected chi connectivity index (χ4v) is 4.14. The first kappa shape index (κ1) is 20.4. The van der Waals surface area contributed by atoms with Gasteiger partial charge in [-0.1, -0.05) is 36.4 Å². The van der Waals surface area contributed by atoms with Crippen molar-refractivity contribution in [2.45, 2.75) is 27.0 Å². The molecule has 1 aliphatic heterocycles. The van der Waals surface area contributed by atoms with E-state index in [0.29, 0.717) is 16.7 Å². The van der Waals surface area contributed by atoms with E-state index in [4.69, 9.17) is 13.6 Å². The Kier molecular flexibility index (Phi) is 6.42. The number of rotatable bonds is 9. The molecule has 0 saturated heterocycles. The Morgan fingerprint density at radius 3 is 1.82 bits per heavy atom. The number of fused-ring (bicyclic) bond motifs is 1. The van der Waals surface area contributed by atoms with Crippen molar-refractivity contribution in [2.24, 2.45) is 0 Å². The maximum atomic E-state index is 12.6. The standard InChI is InChI=1S/C20H22NO6P/c1-3-25-28(24,26-4-2)27-14-16-10-6-5-9-15(16)13-21-19(22)17-11-7-8-12-18(17)20(21)23/h5-12H,3-4,13-14H2,1-2H3. The van der Waals surface area contributed by atoms with Crippen LogP contribution in [0.25, 0.3) is 0 Å². The van der Waals surface area contributed by atoms with Crippen molar-refractivity contribution in [1.82, 2.24) is 4.90 Å². The maximum absolute atomic E-state index is 12.6. The summed E-state index contributed by atoms with van der Waals surface area (Å²) < 4.78 is 28.2. The van der Waals surface area contributed by atoms with Gasteiger partial charge in [-0.05, 0) is 37.1 Å². The third kappa shape index (κ3) is 4.23. The number of hydrogen-bond donors (Lipinski definition) is 0. The van der Waals surface area contributed by atoms with E-state index in [1.54, 1.807) is 56.3 Å². The van der Waals surface area contributed by atoms with E-state index in [1.165, 1.54) is 4.90 Å². The number of imide groups is 1. The highest BCUT2D eigenvalue weighted by atomic mass is 31.2. The maximum Gasteiger partial charge on any atom is 0.475 e. The number of carbonyl (C=O) groups excluding carboxylic acids is 2. The van der Waals surface area contributed by atoms with Crippen molar-refractivity contribution < 1.29 is 27.7 Å². The molecule has 0 N–H and O–H groups in total. The second-order valence-electron chi connectivity index (χ2n) is 6.07. The number of phosphoric acid groups is 1. The van der Waals surface area contributed by atoms with Gasteiger partial charge in [0, 0.05) is 0 Å². The Morgan fingerprint density at radius 1 is 0.786 bits per heavy atom. The van der Waals surface area contributed by atoms with Crippen LogP contribution in [0.15, 0.2) is 48.5 Å². The second-order valence-corrected chi connectivity index (χ2v) is 7.74. The largest absolute Gasteiger partial charge is 0.475 e. The minimum absolute atomic E-state index is 0.0311. The van der Waals surface area contributed by atoms with Crippen LogP contribution in [0.5, 0.6) is 0 Å². The van der Waals surface area contributed by atoms with Crippen LogP contribution in [0.2, 0.25) is 0 Å². The van der Waals surface area contributed by atoms with Gasteiger partial charge < -0.3 is 0 Å². The van der Waals surface area contributed by atoms with Gasteiger partial charge in [0.15, 0.2) is 0 Å². The van der Waals surface area contributed by atoms with Crippen LogP contribution >= 0.6 is 7.82 Å². The van der Waals surface area contributed by atoms with Gasteiger partial charge in [-0.25, -0.2) is 4.57 Å². The molecule has 7 nitrogen and oxygen atoms in total. The third-order valence-corrected chi connectivity index (χ3v) is 5.87. The normalized spacial score (nSPS) is 13.9. The molecule has 148 valence electrons. The lowest BCUT2D eigenvalue weighted by molar-refractivity contribution is 0.0639. The van der Waals surface area contributed by atoms with Crippen LogP contribution in [0, 0.1) is 0 Å². The van der Waals surface area contributed by atoms with Crippen LogP contribution in [0.4, 0.5) is 0 Å². The molecule has 0 fully saturated rings. The van der Waals surface area contributed by atoms with E-state index in [1.807, 2.05) is 6.07 Å². The van der Waals surface area contributed by atoms with E-state index in [9.17, 15) is 14.2 Å². The van der Waals surface area contributed by atoms with E-state index in [2.05, 4.69) is 0 Å². The van der Waals surface area contributed by atoms with Gasteiger partial charge in [0.2, 0.25) is 0 Å². The summed E-state index contributed by atoms with van der Waals surface area (Å²) in [7, 11) is -3.66. The molecule has 0 saturated carbocycles. The molecule has 3 rings (SSSR count). The molecule has 28 heavy (non-hydrogen) atoms. The van der Waals surface area contributed by atoms with Gasteiger partial charge in [0.25, 0.3) is 11.8 Å². The molecule has 0 bridgehead atoms. The lowest BCUT2D eigenvalue weighted by Crippen LogP contribution is -2.29. The summed E-state index contributed by atoms with van der Waals surface area (Å²) in [6.07, 6.45) is 0. The van der Waals surface area contributed by atoms with Gasteiger partial charge in [0.05, 0.1) is 37.5 Å². The number of benzene rings is 2. The Labute approximate surface area is 163 Å². The first-order valence-corrected chi connectivity index (χ1v) is 10.5. The van der Waals surface area contributed by atoms with Gasteiger partial charge in [-0.2, -0.15) is 0 Å². The summed E-state index contributed by atoms with van der Waals surface area (Å²) in [5, 5.41) is 0. The summed E-state index contributed by atoms with van der Waals surface area (Å²) >= 11 is 0. The molecule has 0 radical (unpaired) electrons. The highest BCUT2D eigenvalue weighted by Gasteiger charge is 2.35. The van der Waals surface area contributed by atoms with Crippen LogP contribution in [-0.4, -0.2) is 29.9 Å². The molecule has 2 aromatic carbocycles. The molecule has 0 unspecified atom stereocenters. The van der Waals surface area contributed by atoms with Crippen LogP contribution in [0.3, 0.4) is 0 Å². The summed E-state index contributed by atoms with van der Waals surface area (Å²) in [5.74, 6) is -0.656. The van der Waals surface area contributed by atoms with Crippen LogP contribution in [0.1, 0.15) is 45.7 Å². The summed E-state index contributed by atoms with van der Waals surface area (Å²) in [4.78, 5) is 26.4. The predicted molar refractivity (Wildman–Crippen MR) is 103 cm³/mol. The van der Waals surface area contributed by atoms with E-state index in [0.717, 1.165) is 5.56 Å². The first-order valence-electron chi connectivity index (χ1n) is 9.04. The highest BCUT2D eigenvalue weighted by Crippen LogP contribution is 2.50. The van der Waals surface area contributed by atoms with Gasteiger partial charge in [0.1, 0.15) is 0 Å².